The lowest BCUT2D eigenvalue weighted by molar-refractivity contribution is -0.191. The van der Waals surface area contributed by atoms with E-state index in [4.69, 9.17) is 9.59 Å². The van der Waals surface area contributed by atoms with Crippen LogP contribution in [0.25, 0.3) is 0 Å². The molecule has 0 saturated heterocycles. The summed E-state index contributed by atoms with van der Waals surface area (Å²) in [6, 6.07) is 0. The molecular weight excluding hydrogens is 72.0 g/mol. The van der Waals surface area contributed by atoms with Crippen LogP contribution in [0, 0.1) is 0 Å². The predicted octanol–water partition coefficient (Wildman–Crippen LogP) is -0.772. The summed E-state index contributed by atoms with van der Waals surface area (Å²) < 4.78 is 0. The minimum atomic E-state index is 0. The fourth-order valence-electron chi connectivity index (χ4n) is 0. The highest BCUT2D eigenvalue weighted by atomic mass is 16.2. The second-order valence-electron chi connectivity index (χ2n) is 0.0833. The van der Waals surface area contributed by atoms with E-state index in [2.05, 4.69) is 0 Å². The van der Waals surface area contributed by atoms with Crippen molar-refractivity contribution in [3.05, 3.63) is 0 Å². The van der Waals surface area contributed by atoms with Gasteiger partial charge in [-0.25, -0.2) is 0 Å². The molecule has 0 aliphatic carbocycles. The van der Waals surface area contributed by atoms with Crippen molar-refractivity contribution in [1.29, 1.82) is 0 Å². The first-order valence-electron chi connectivity index (χ1n) is 0.408. The molecule has 2 N–H and O–H groups in total. The van der Waals surface area contributed by atoms with Crippen LogP contribution in [0.1, 0.15) is 7.43 Å². The van der Waals surface area contributed by atoms with Crippen LogP contribution < -0.4 is 0 Å². The zero-order chi connectivity index (χ0) is 2.71. The molecule has 0 fully saturated rings. The lowest BCUT2D eigenvalue weighted by Crippen LogP contribution is -1.22. The molecule has 3 nitrogen and oxygen atoms in total. The van der Waals surface area contributed by atoms with E-state index in [0.717, 1.165) is 0 Å². The van der Waals surface area contributed by atoms with Crippen LogP contribution >= 0.6 is 0 Å². The summed E-state index contributed by atoms with van der Waals surface area (Å²) in [5.41, 5.74) is 0. The molecule has 0 aliphatic heterocycles. The highest BCUT2D eigenvalue weighted by molar-refractivity contribution is 5.20. The van der Waals surface area contributed by atoms with Gasteiger partial charge in [0.15, 0.2) is 0 Å². The molecule has 0 radical (unpaired) electrons. The Balaban J connectivity index is -0.0000000200. The quantitative estimate of drug-likeness (QED) is 0.381. The van der Waals surface area contributed by atoms with Crippen molar-refractivity contribution in [1.82, 2.24) is 0 Å². The average molecular weight is 78.1 g/mol. The minimum absolute atomic E-state index is 0. The second-order valence-corrected chi connectivity index (χ2v) is 0.0833. The molecule has 3 heteroatoms. The van der Waals surface area contributed by atoms with E-state index in [-0.39, 0.29) is 19.1 Å². The van der Waals surface area contributed by atoms with Crippen molar-refractivity contribution in [2.75, 3.05) is 0 Å². The summed E-state index contributed by atoms with van der Waals surface area (Å²) >= 11 is 0. The van der Waals surface area contributed by atoms with E-state index < -0.39 is 0 Å². The SMILES string of the molecule is C.O.O=C=O. The van der Waals surface area contributed by atoms with Gasteiger partial charge in [-0.2, -0.15) is 9.59 Å². The predicted molar refractivity (Wildman–Crippen MR) is 15.4 cm³/mol. The number of carbonyl (C=O) groups excluding carboxylic acids is 2. The van der Waals surface area contributed by atoms with E-state index in [9.17, 15) is 0 Å². The van der Waals surface area contributed by atoms with Crippen LogP contribution in [0.3, 0.4) is 0 Å². The van der Waals surface area contributed by atoms with Crippen molar-refractivity contribution in [3.8, 4) is 0 Å². The smallest absolute Gasteiger partial charge is 0.373 e. The maximum atomic E-state index is 8.12. The van der Waals surface area contributed by atoms with E-state index in [1.165, 1.54) is 0 Å². The molecular formula is C2H6O3. The van der Waals surface area contributed by atoms with E-state index >= 15 is 0 Å². The molecule has 0 atom stereocenters. The Morgan fingerprint density at radius 3 is 1.20 bits per heavy atom. The van der Waals surface area contributed by atoms with Crippen LogP contribution in [0.5, 0.6) is 0 Å². The number of rotatable bonds is 0. The zero-order valence-corrected chi connectivity index (χ0v) is 1.82. The van der Waals surface area contributed by atoms with Crippen molar-refractivity contribution in [2.45, 2.75) is 7.43 Å². The van der Waals surface area contributed by atoms with E-state index in [0.29, 0.717) is 0 Å². The molecule has 0 unspecified atom stereocenters. The minimum Gasteiger partial charge on any atom is -0.412 e. The summed E-state index contributed by atoms with van der Waals surface area (Å²) in [6.45, 7) is 0. The van der Waals surface area contributed by atoms with Gasteiger partial charge < -0.3 is 5.48 Å². The van der Waals surface area contributed by atoms with Crippen LogP contribution in [0.2, 0.25) is 0 Å². The summed E-state index contributed by atoms with van der Waals surface area (Å²) in [5.74, 6) is 0. The van der Waals surface area contributed by atoms with Crippen LogP contribution in [0.4, 0.5) is 0 Å². The third-order valence-electron chi connectivity index (χ3n) is 0. The van der Waals surface area contributed by atoms with Crippen LogP contribution in [0.15, 0.2) is 0 Å². The van der Waals surface area contributed by atoms with Gasteiger partial charge in [-0.15, -0.1) is 0 Å². The zero-order valence-electron chi connectivity index (χ0n) is 1.82. The average Bonchev–Trinajstić information content (AvgIpc) is 0.918. The number of hydrogen-bond donors (Lipinski definition) is 0. The largest absolute Gasteiger partial charge is 0.412 e. The van der Waals surface area contributed by atoms with Gasteiger partial charge in [-0.3, -0.25) is 0 Å². The molecule has 32 valence electrons. The highest BCUT2D eigenvalue weighted by Crippen LogP contribution is 0.787. The Morgan fingerprint density at radius 2 is 1.20 bits per heavy atom. The maximum absolute atomic E-state index is 8.12. The fourth-order valence-corrected chi connectivity index (χ4v) is 0. The van der Waals surface area contributed by atoms with Gasteiger partial charge in [-0.1, -0.05) is 7.43 Å². The molecule has 0 bridgehead atoms. The highest BCUT2D eigenvalue weighted by Gasteiger charge is 1.13. The Morgan fingerprint density at radius 1 is 1.20 bits per heavy atom. The fraction of sp³-hybridized carbons (Fsp3) is 0.500. The molecule has 0 spiro atoms. The van der Waals surface area contributed by atoms with Gasteiger partial charge >= 0.3 is 6.15 Å². The molecule has 0 heterocycles. The van der Waals surface area contributed by atoms with Gasteiger partial charge in [0.2, 0.25) is 0 Å². The molecule has 0 aliphatic rings. The van der Waals surface area contributed by atoms with Crippen molar-refractivity contribution >= 4 is 6.15 Å². The Labute approximate surface area is 29.9 Å². The summed E-state index contributed by atoms with van der Waals surface area (Å²) in [7, 11) is 0. The van der Waals surface area contributed by atoms with E-state index in [1.807, 2.05) is 0 Å². The lowest BCUT2D eigenvalue weighted by atomic mass is 11.8. The summed E-state index contributed by atoms with van der Waals surface area (Å²) in [5, 5.41) is 0. The Bertz CT molecular complexity index is 25.9. The first kappa shape index (κ1) is 27.0. The van der Waals surface area contributed by atoms with Gasteiger partial charge in [-0.05, 0) is 0 Å². The van der Waals surface area contributed by atoms with E-state index in [1.54, 1.807) is 0 Å². The van der Waals surface area contributed by atoms with Gasteiger partial charge in [0.25, 0.3) is 0 Å². The van der Waals surface area contributed by atoms with Crippen LogP contribution in [-0.4, -0.2) is 11.6 Å². The second kappa shape index (κ2) is 158. The monoisotopic (exact) mass is 78.0 g/mol. The Kier molecular flexibility index (Phi) is 853. The summed E-state index contributed by atoms with van der Waals surface area (Å²) in [6.07, 6.45) is 0.250. The number of hydrogen-bond acceptors (Lipinski definition) is 2. The van der Waals surface area contributed by atoms with Crippen molar-refractivity contribution in [3.63, 3.8) is 0 Å². The maximum Gasteiger partial charge on any atom is 0.373 e. The lowest BCUT2D eigenvalue weighted by Gasteiger charge is -0.945. The topological polar surface area (TPSA) is 65.6 Å². The molecule has 0 aromatic carbocycles. The third kappa shape index (κ3) is 13.8. The molecule has 0 saturated carbocycles. The van der Waals surface area contributed by atoms with Crippen LogP contribution in [-0.2, 0) is 9.59 Å². The normalized spacial score (nSPS) is 1.60. The van der Waals surface area contributed by atoms with Crippen molar-refractivity contribution in [2.24, 2.45) is 0 Å². The molecule has 0 amide bonds. The van der Waals surface area contributed by atoms with Gasteiger partial charge in [0.05, 0.1) is 0 Å². The first-order valence-corrected chi connectivity index (χ1v) is 0.408. The van der Waals surface area contributed by atoms with Crippen molar-refractivity contribution < 1.29 is 15.1 Å². The molecule has 5 heavy (non-hydrogen) atoms. The Hall–Kier alpha value is -0.660. The standard InChI is InChI=1S/CO2.CH4.H2O/c2-1-3;;/h;1H4;1H2. The molecule has 0 rings (SSSR count). The summed E-state index contributed by atoms with van der Waals surface area (Å²) in [4.78, 5) is 16.2. The van der Waals surface area contributed by atoms with Gasteiger partial charge in [0.1, 0.15) is 0 Å². The first-order chi connectivity index (χ1) is 1.41. The molecule has 0 aromatic heterocycles. The molecule has 0 aromatic rings. The third-order valence-corrected chi connectivity index (χ3v) is 0. The van der Waals surface area contributed by atoms with Gasteiger partial charge in [0, 0.05) is 0 Å².